The van der Waals surface area contributed by atoms with Crippen LogP contribution in [0.3, 0.4) is 0 Å². The topological polar surface area (TPSA) is 76.7 Å². The van der Waals surface area contributed by atoms with Gasteiger partial charge >= 0.3 is 6.03 Å². The third-order valence-electron chi connectivity index (χ3n) is 3.53. The fourth-order valence-electron chi connectivity index (χ4n) is 2.63. The fraction of sp³-hybridized carbons (Fsp3) is 0.333. The van der Waals surface area contributed by atoms with Crippen molar-refractivity contribution in [2.24, 2.45) is 10.7 Å². The van der Waals surface area contributed by atoms with Crippen molar-refractivity contribution in [2.75, 3.05) is 7.11 Å². The van der Waals surface area contributed by atoms with Gasteiger partial charge in [0.2, 0.25) is 0 Å². The molecule has 5 nitrogen and oxygen atoms in total. The zero-order valence-electron chi connectivity index (χ0n) is 9.49. The maximum Gasteiger partial charge on any atom is 0.343 e. The Labute approximate surface area is 98.7 Å². The van der Waals surface area contributed by atoms with Gasteiger partial charge in [-0.3, -0.25) is 0 Å². The number of carbonyl (C=O) groups is 1. The van der Waals surface area contributed by atoms with Crippen molar-refractivity contribution < 1.29 is 9.53 Å². The number of urea groups is 1. The van der Waals surface area contributed by atoms with Crippen LogP contribution in [0.4, 0.5) is 4.79 Å². The zero-order chi connectivity index (χ0) is 12.0. The van der Waals surface area contributed by atoms with Crippen LogP contribution in [0.2, 0.25) is 0 Å². The maximum atomic E-state index is 11.4. The Balaban J connectivity index is 2.15. The summed E-state index contributed by atoms with van der Waals surface area (Å²) in [5.74, 6) is 1.12. The second-order valence-corrected chi connectivity index (χ2v) is 4.36. The number of fused-ring (bicyclic) bond motifs is 2. The van der Waals surface area contributed by atoms with Crippen LogP contribution in [0.5, 0.6) is 5.75 Å². The molecule has 1 aromatic rings. The van der Waals surface area contributed by atoms with Crippen molar-refractivity contribution in [1.82, 2.24) is 5.32 Å². The lowest BCUT2D eigenvalue weighted by Gasteiger charge is -2.24. The molecule has 1 spiro atoms. The van der Waals surface area contributed by atoms with Gasteiger partial charge in [0.1, 0.15) is 17.1 Å². The number of ether oxygens (including phenoxy) is 1. The molecule has 0 aromatic heterocycles. The molecule has 2 amide bonds. The Morgan fingerprint density at radius 2 is 2.35 bits per heavy atom. The summed E-state index contributed by atoms with van der Waals surface area (Å²) in [6.45, 7) is 0. The predicted molar refractivity (Wildman–Crippen MR) is 63.1 cm³/mol. The summed E-state index contributed by atoms with van der Waals surface area (Å²) in [6.07, 6.45) is 1.65. The molecule has 0 radical (unpaired) electrons. The maximum absolute atomic E-state index is 11.4. The number of nitrogens with zero attached hydrogens (tertiary/aromatic N) is 1. The number of carbonyl (C=O) groups excluding carboxylic acids is 1. The quantitative estimate of drug-likeness (QED) is 0.754. The molecule has 0 saturated carbocycles. The van der Waals surface area contributed by atoms with Crippen LogP contribution >= 0.6 is 0 Å². The number of aryl methyl sites for hydroxylation is 1. The summed E-state index contributed by atoms with van der Waals surface area (Å²) in [5, 5.41) is 2.86. The van der Waals surface area contributed by atoms with Crippen LogP contribution in [0, 0.1) is 0 Å². The van der Waals surface area contributed by atoms with E-state index in [0.29, 0.717) is 5.84 Å². The number of amidine groups is 1. The van der Waals surface area contributed by atoms with Crippen LogP contribution < -0.4 is 15.8 Å². The first-order valence-electron chi connectivity index (χ1n) is 5.50. The molecule has 1 aliphatic carbocycles. The minimum atomic E-state index is -0.610. The minimum absolute atomic E-state index is 0.356. The molecule has 1 heterocycles. The Kier molecular flexibility index (Phi) is 1.92. The number of benzene rings is 1. The van der Waals surface area contributed by atoms with Crippen molar-refractivity contribution in [3.63, 3.8) is 0 Å². The van der Waals surface area contributed by atoms with Gasteiger partial charge in [0, 0.05) is 0 Å². The number of methoxy groups -OCH3 is 1. The molecule has 17 heavy (non-hydrogen) atoms. The second-order valence-electron chi connectivity index (χ2n) is 4.36. The summed E-state index contributed by atoms with van der Waals surface area (Å²) < 4.78 is 5.21. The van der Waals surface area contributed by atoms with Gasteiger partial charge in [-0.2, -0.15) is 4.99 Å². The molecule has 3 N–H and O–H groups in total. The number of hydrogen-bond acceptors (Lipinski definition) is 3. The Morgan fingerprint density at radius 3 is 3.00 bits per heavy atom. The number of rotatable bonds is 1. The van der Waals surface area contributed by atoms with Crippen molar-refractivity contribution in [1.29, 1.82) is 0 Å². The van der Waals surface area contributed by atoms with Gasteiger partial charge in [-0.25, -0.2) is 4.79 Å². The van der Waals surface area contributed by atoms with Gasteiger partial charge in [0.05, 0.1) is 7.11 Å². The first kappa shape index (κ1) is 10.1. The van der Waals surface area contributed by atoms with Crippen LogP contribution in [0.15, 0.2) is 23.2 Å². The van der Waals surface area contributed by atoms with E-state index in [0.717, 1.165) is 24.2 Å². The molecular weight excluding hydrogens is 218 g/mol. The molecule has 1 aromatic carbocycles. The Hall–Kier alpha value is -2.04. The SMILES string of the molecule is COc1ccc2c(c1)C1(CC2)NC(=O)N=C1N. The molecule has 0 bridgehead atoms. The van der Waals surface area contributed by atoms with Gasteiger partial charge in [-0.1, -0.05) is 6.07 Å². The van der Waals surface area contributed by atoms with Gasteiger partial charge in [-0.05, 0) is 36.1 Å². The number of hydrogen-bond donors (Lipinski definition) is 2. The molecule has 1 atom stereocenters. The minimum Gasteiger partial charge on any atom is -0.497 e. The molecule has 2 aliphatic rings. The van der Waals surface area contributed by atoms with Gasteiger partial charge in [-0.15, -0.1) is 0 Å². The average Bonchev–Trinajstić information content (AvgIpc) is 2.82. The van der Waals surface area contributed by atoms with Gasteiger partial charge in [0.25, 0.3) is 0 Å². The molecule has 1 aliphatic heterocycles. The standard InChI is InChI=1S/C12H13N3O2/c1-17-8-3-2-7-4-5-12(9(7)6-8)10(13)14-11(16)15-12/h2-3,6H,4-5H2,1H3,(H3,13,14,15,16). The van der Waals surface area contributed by atoms with E-state index < -0.39 is 5.54 Å². The van der Waals surface area contributed by atoms with Crippen LogP contribution in [0.25, 0.3) is 0 Å². The second kappa shape index (κ2) is 3.23. The first-order valence-corrected chi connectivity index (χ1v) is 5.50. The summed E-state index contributed by atoms with van der Waals surface area (Å²) in [5.41, 5.74) is 7.48. The molecule has 88 valence electrons. The summed E-state index contributed by atoms with van der Waals surface area (Å²) >= 11 is 0. The fourth-order valence-corrected chi connectivity index (χ4v) is 2.63. The third kappa shape index (κ3) is 1.25. The number of nitrogens with two attached hydrogens (primary N) is 1. The lowest BCUT2D eigenvalue weighted by Crippen LogP contribution is -2.47. The van der Waals surface area contributed by atoms with Crippen LogP contribution in [-0.4, -0.2) is 19.0 Å². The Morgan fingerprint density at radius 1 is 1.53 bits per heavy atom. The van der Waals surface area contributed by atoms with E-state index >= 15 is 0 Å². The van der Waals surface area contributed by atoms with Crippen molar-refractivity contribution in [3.05, 3.63) is 29.3 Å². The highest BCUT2D eigenvalue weighted by Crippen LogP contribution is 2.40. The summed E-state index contributed by atoms with van der Waals surface area (Å²) in [7, 11) is 1.62. The lowest BCUT2D eigenvalue weighted by molar-refractivity contribution is 0.246. The summed E-state index contributed by atoms with van der Waals surface area (Å²) in [4.78, 5) is 15.2. The van der Waals surface area contributed by atoms with E-state index in [1.165, 1.54) is 5.56 Å². The smallest absolute Gasteiger partial charge is 0.343 e. The Bertz CT molecular complexity index is 539. The van der Waals surface area contributed by atoms with Crippen molar-refractivity contribution >= 4 is 11.9 Å². The van der Waals surface area contributed by atoms with Crippen LogP contribution in [-0.2, 0) is 12.0 Å². The highest BCUT2D eigenvalue weighted by atomic mass is 16.5. The van der Waals surface area contributed by atoms with E-state index in [1.54, 1.807) is 7.11 Å². The van der Waals surface area contributed by atoms with Gasteiger partial charge < -0.3 is 15.8 Å². The predicted octanol–water partition coefficient (Wildman–Crippen LogP) is 0.917. The van der Waals surface area contributed by atoms with E-state index in [1.807, 2.05) is 18.2 Å². The molecule has 1 unspecified atom stereocenters. The van der Waals surface area contributed by atoms with E-state index in [4.69, 9.17) is 10.5 Å². The number of nitrogens with one attached hydrogen (secondary N) is 1. The molecular formula is C12H13N3O2. The largest absolute Gasteiger partial charge is 0.497 e. The first-order chi connectivity index (χ1) is 8.15. The van der Waals surface area contributed by atoms with Crippen LogP contribution in [0.1, 0.15) is 17.5 Å². The monoisotopic (exact) mass is 231 g/mol. The van der Waals surface area contributed by atoms with E-state index in [-0.39, 0.29) is 6.03 Å². The molecule has 3 rings (SSSR count). The number of amides is 2. The highest BCUT2D eigenvalue weighted by Gasteiger charge is 2.47. The van der Waals surface area contributed by atoms with E-state index in [2.05, 4.69) is 10.3 Å². The average molecular weight is 231 g/mol. The van der Waals surface area contributed by atoms with E-state index in [9.17, 15) is 4.79 Å². The van der Waals surface area contributed by atoms with Crippen molar-refractivity contribution in [2.45, 2.75) is 18.4 Å². The van der Waals surface area contributed by atoms with Crippen molar-refractivity contribution in [3.8, 4) is 5.75 Å². The zero-order valence-corrected chi connectivity index (χ0v) is 9.49. The van der Waals surface area contributed by atoms with Gasteiger partial charge in [0.15, 0.2) is 0 Å². The number of aliphatic imine (C=N–C) groups is 1. The highest BCUT2D eigenvalue weighted by molar-refractivity contribution is 6.07. The molecule has 5 heteroatoms. The normalized spacial score (nSPS) is 25.7. The molecule has 0 saturated heterocycles. The third-order valence-corrected chi connectivity index (χ3v) is 3.53. The molecule has 0 fully saturated rings. The lowest BCUT2D eigenvalue weighted by atomic mass is 9.91. The summed E-state index contributed by atoms with van der Waals surface area (Å²) in [6, 6.07) is 5.50.